The van der Waals surface area contributed by atoms with Crippen LogP contribution in [0.2, 0.25) is 0 Å². The van der Waals surface area contributed by atoms with Crippen LogP contribution in [0.1, 0.15) is 27.2 Å². The third-order valence-corrected chi connectivity index (χ3v) is 3.31. The second-order valence-corrected chi connectivity index (χ2v) is 4.96. The minimum Gasteiger partial charge on any atom is -0.481 e. The number of carboxylic acid groups (broad SMARTS) is 1. The Morgan fingerprint density at radius 3 is 2.33 bits per heavy atom. The number of aliphatic carboxylic acids is 1. The van der Waals surface area contributed by atoms with E-state index in [-0.39, 0.29) is 24.8 Å². The summed E-state index contributed by atoms with van der Waals surface area (Å²) in [5.74, 6) is -2.79. The van der Waals surface area contributed by atoms with Gasteiger partial charge in [0.2, 0.25) is 5.91 Å². The molecule has 2 N–H and O–H groups in total. The van der Waals surface area contributed by atoms with Gasteiger partial charge in [0.25, 0.3) is 0 Å². The molecule has 0 aromatic rings. The van der Waals surface area contributed by atoms with E-state index in [0.29, 0.717) is 6.61 Å². The molecule has 1 aliphatic rings. The van der Waals surface area contributed by atoms with Gasteiger partial charge in [-0.1, -0.05) is 13.8 Å². The lowest BCUT2D eigenvalue weighted by Gasteiger charge is -2.05. The van der Waals surface area contributed by atoms with Crippen LogP contribution in [0, 0.1) is 17.3 Å². The first-order valence-corrected chi connectivity index (χ1v) is 5.98. The molecule has 0 spiro atoms. The Labute approximate surface area is 106 Å². The Bertz CT molecular complexity index is 363. The minimum atomic E-state index is -0.953. The molecular weight excluding hydrogens is 238 g/mol. The molecule has 1 fully saturated rings. The number of amides is 1. The SMILES string of the molecule is CCOC(=O)CCNC(=O)C1C(C(=O)O)C1(C)C. The predicted molar refractivity (Wildman–Crippen MR) is 62.7 cm³/mol. The first kappa shape index (κ1) is 14.5. The van der Waals surface area contributed by atoms with Gasteiger partial charge in [-0.05, 0) is 12.3 Å². The van der Waals surface area contributed by atoms with Crippen molar-refractivity contribution in [1.82, 2.24) is 5.32 Å². The van der Waals surface area contributed by atoms with Gasteiger partial charge in [-0.25, -0.2) is 0 Å². The molecule has 0 bridgehead atoms. The highest BCUT2D eigenvalue weighted by Crippen LogP contribution is 2.58. The third kappa shape index (κ3) is 3.00. The Balaban J connectivity index is 2.35. The number of carbonyl (C=O) groups is 3. The lowest BCUT2D eigenvalue weighted by molar-refractivity contribution is -0.143. The van der Waals surface area contributed by atoms with Crippen LogP contribution in [-0.2, 0) is 19.1 Å². The molecule has 1 aliphatic carbocycles. The van der Waals surface area contributed by atoms with E-state index < -0.39 is 23.2 Å². The minimum absolute atomic E-state index is 0.102. The second kappa shape index (κ2) is 5.37. The van der Waals surface area contributed by atoms with Gasteiger partial charge in [0.1, 0.15) is 0 Å². The van der Waals surface area contributed by atoms with Crippen molar-refractivity contribution in [3.8, 4) is 0 Å². The largest absolute Gasteiger partial charge is 0.481 e. The van der Waals surface area contributed by atoms with Crippen LogP contribution in [0.15, 0.2) is 0 Å². The zero-order chi connectivity index (χ0) is 13.9. The fourth-order valence-electron chi connectivity index (χ4n) is 2.22. The molecular formula is C12H19NO5. The second-order valence-electron chi connectivity index (χ2n) is 4.96. The summed E-state index contributed by atoms with van der Waals surface area (Å²) in [5.41, 5.74) is -0.514. The number of rotatable bonds is 6. The highest BCUT2D eigenvalue weighted by molar-refractivity contribution is 5.91. The standard InChI is InChI=1S/C12H19NO5/c1-4-18-7(14)5-6-13-10(15)8-9(11(16)17)12(8,2)3/h8-9H,4-6H2,1-3H3,(H,13,15)(H,16,17). The van der Waals surface area contributed by atoms with Gasteiger partial charge >= 0.3 is 11.9 Å². The Morgan fingerprint density at radius 1 is 1.28 bits per heavy atom. The number of hydrogen-bond acceptors (Lipinski definition) is 4. The van der Waals surface area contributed by atoms with Crippen LogP contribution in [0.25, 0.3) is 0 Å². The van der Waals surface area contributed by atoms with E-state index >= 15 is 0 Å². The van der Waals surface area contributed by atoms with Crippen molar-refractivity contribution in [1.29, 1.82) is 0 Å². The van der Waals surface area contributed by atoms with Gasteiger partial charge in [0.15, 0.2) is 0 Å². The Hall–Kier alpha value is -1.59. The molecule has 0 aromatic carbocycles. The number of carboxylic acids is 1. The summed E-state index contributed by atoms with van der Waals surface area (Å²) >= 11 is 0. The average Bonchev–Trinajstić information content (AvgIpc) is 2.82. The van der Waals surface area contributed by atoms with Crippen molar-refractivity contribution < 1.29 is 24.2 Å². The molecule has 6 nitrogen and oxygen atoms in total. The van der Waals surface area contributed by atoms with Gasteiger partial charge in [-0.3, -0.25) is 14.4 Å². The number of ether oxygens (including phenoxy) is 1. The van der Waals surface area contributed by atoms with Crippen molar-refractivity contribution in [2.24, 2.45) is 17.3 Å². The fourth-order valence-corrected chi connectivity index (χ4v) is 2.22. The number of nitrogens with one attached hydrogen (secondary N) is 1. The normalized spacial score (nSPS) is 24.2. The van der Waals surface area contributed by atoms with E-state index in [0.717, 1.165) is 0 Å². The maximum atomic E-state index is 11.7. The average molecular weight is 257 g/mol. The molecule has 6 heteroatoms. The van der Waals surface area contributed by atoms with Crippen LogP contribution in [-0.4, -0.2) is 36.1 Å². The van der Waals surface area contributed by atoms with Crippen molar-refractivity contribution in [3.63, 3.8) is 0 Å². The Morgan fingerprint density at radius 2 is 1.89 bits per heavy atom. The Kier molecular flexibility index (Phi) is 4.32. The summed E-state index contributed by atoms with van der Waals surface area (Å²) < 4.78 is 4.72. The molecule has 0 aromatic heterocycles. The van der Waals surface area contributed by atoms with Crippen molar-refractivity contribution in [3.05, 3.63) is 0 Å². The molecule has 1 amide bonds. The van der Waals surface area contributed by atoms with Crippen molar-refractivity contribution in [2.75, 3.05) is 13.2 Å². The zero-order valence-corrected chi connectivity index (χ0v) is 10.9. The lowest BCUT2D eigenvalue weighted by atomic mass is 10.1. The molecule has 2 atom stereocenters. The summed E-state index contributed by atoms with van der Waals surface area (Å²) in [5, 5.41) is 11.5. The van der Waals surface area contributed by atoms with Crippen LogP contribution < -0.4 is 5.32 Å². The van der Waals surface area contributed by atoms with E-state index in [4.69, 9.17) is 9.84 Å². The van der Waals surface area contributed by atoms with Gasteiger partial charge in [-0.15, -0.1) is 0 Å². The van der Waals surface area contributed by atoms with Gasteiger partial charge in [0.05, 0.1) is 24.9 Å². The topological polar surface area (TPSA) is 92.7 Å². The third-order valence-electron chi connectivity index (χ3n) is 3.31. The van der Waals surface area contributed by atoms with Crippen molar-refractivity contribution >= 4 is 17.8 Å². The van der Waals surface area contributed by atoms with Gasteiger partial charge < -0.3 is 15.2 Å². The van der Waals surface area contributed by atoms with Crippen LogP contribution in [0.4, 0.5) is 0 Å². The molecule has 18 heavy (non-hydrogen) atoms. The molecule has 1 saturated carbocycles. The van der Waals surface area contributed by atoms with Gasteiger partial charge in [0, 0.05) is 6.54 Å². The van der Waals surface area contributed by atoms with E-state index in [1.807, 2.05) is 0 Å². The van der Waals surface area contributed by atoms with Crippen LogP contribution in [0.5, 0.6) is 0 Å². The maximum Gasteiger partial charge on any atom is 0.307 e. The van der Waals surface area contributed by atoms with E-state index in [1.54, 1.807) is 20.8 Å². The molecule has 0 radical (unpaired) electrons. The molecule has 0 heterocycles. The van der Waals surface area contributed by atoms with Gasteiger partial charge in [-0.2, -0.15) is 0 Å². The summed E-state index contributed by atoms with van der Waals surface area (Å²) in [6.07, 6.45) is 0.102. The first-order valence-electron chi connectivity index (χ1n) is 5.98. The zero-order valence-electron chi connectivity index (χ0n) is 10.9. The number of carbonyl (C=O) groups excluding carboxylic acids is 2. The van der Waals surface area contributed by atoms with Crippen molar-refractivity contribution in [2.45, 2.75) is 27.2 Å². The van der Waals surface area contributed by atoms with Crippen LogP contribution >= 0.6 is 0 Å². The highest BCUT2D eigenvalue weighted by atomic mass is 16.5. The predicted octanol–water partition coefficient (Wildman–Crippen LogP) is 0.413. The maximum absolute atomic E-state index is 11.7. The fraction of sp³-hybridized carbons (Fsp3) is 0.750. The molecule has 1 rings (SSSR count). The summed E-state index contributed by atoms with van der Waals surface area (Å²) in [6, 6.07) is 0. The quantitative estimate of drug-likeness (QED) is 0.672. The number of esters is 1. The molecule has 2 unspecified atom stereocenters. The van der Waals surface area contributed by atoms with E-state index in [2.05, 4.69) is 5.32 Å². The summed E-state index contributed by atoms with van der Waals surface area (Å²) in [6.45, 7) is 5.70. The monoisotopic (exact) mass is 257 g/mol. The van der Waals surface area contributed by atoms with E-state index in [1.165, 1.54) is 0 Å². The first-order chi connectivity index (χ1) is 8.32. The van der Waals surface area contributed by atoms with Crippen LogP contribution in [0.3, 0.4) is 0 Å². The highest BCUT2D eigenvalue weighted by Gasteiger charge is 2.65. The molecule has 0 aliphatic heterocycles. The van der Waals surface area contributed by atoms with E-state index in [9.17, 15) is 14.4 Å². The molecule has 102 valence electrons. The summed E-state index contributed by atoms with van der Waals surface area (Å²) in [7, 11) is 0. The summed E-state index contributed by atoms with van der Waals surface area (Å²) in [4.78, 5) is 33.7. The molecule has 0 saturated heterocycles. The lowest BCUT2D eigenvalue weighted by Crippen LogP contribution is -2.29. The smallest absolute Gasteiger partial charge is 0.307 e. The number of hydrogen-bond donors (Lipinski definition) is 2.